The van der Waals surface area contributed by atoms with Crippen LogP contribution in [0.15, 0.2) is 30.3 Å². The van der Waals surface area contributed by atoms with E-state index in [2.05, 4.69) is 15.6 Å². The minimum absolute atomic E-state index is 0.0694. The van der Waals surface area contributed by atoms with Gasteiger partial charge in [0.25, 0.3) is 5.91 Å². The maximum atomic E-state index is 12.3. The molecule has 110 valence electrons. The van der Waals surface area contributed by atoms with E-state index in [1.807, 2.05) is 37.3 Å². The van der Waals surface area contributed by atoms with Gasteiger partial charge in [-0.15, -0.1) is 0 Å². The van der Waals surface area contributed by atoms with Crippen LogP contribution in [-0.4, -0.2) is 16.9 Å². The number of carbonyl (C=O) groups excluding carboxylic acids is 1. The van der Waals surface area contributed by atoms with Crippen LogP contribution in [0.3, 0.4) is 0 Å². The lowest BCUT2D eigenvalue weighted by molar-refractivity contribution is 0.0944. The molecule has 0 saturated heterocycles. The third kappa shape index (κ3) is 3.33. The van der Waals surface area contributed by atoms with Crippen molar-refractivity contribution in [1.82, 2.24) is 10.3 Å². The molecule has 0 radical (unpaired) electrons. The molecule has 1 amide bonds. The minimum Gasteiger partial charge on any atom is -0.382 e. The summed E-state index contributed by atoms with van der Waals surface area (Å²) >= 11 is 1.31. The molecule has 5 nitrogen and oxygen atoms in total. The molecular formula is C15H18N4OS. The van der Waals surface area contributed by atoms with Crippen LogP contribution in [0.25, 0.3) is 0 Å². The van der Waals surface area contributed by atoms with Gasteiger partial charge in [0.05, 0.1) is 6.04 Å². The zero-order valence-corrected chi connectivity index (χ0v) is 12.6. The molecular weight excluding hydrogens is 284 g/mol. The second-order valence-electron chi connectivity index (χ2n) is 5.26. The van der Waals surface area contributed by atoms with Crippen LogP contribution in [0.2, 0.25) is 0 Å². The van der Waals surface area contributed by atoms with E-state index < -0.39 is 0 Å². The molecule has 1 saturated carbocycles. The third-order valence-corrected chi connectivity index (χ3v) is 4.41. The maximum absolute atomic E-state index is 12.3. The summed E-state index contributed by atoms with van der Waals surface area (Å²) in [6.45, 7) is 1.95. The van der Waals surface area contributed by atoms with Crippen molar-refractivity contribution in [2.24, 2.45) is 0 Å². The molecule has 6 heteroatoms. The zero-order chi connectivity index (χ0) is 14.8. The summed E-state index contributed by atoms with van der Waals surface area (Å²) in [5, 5.41) is 6.95. The van der Waals surface area contributed by atoms with Gasteiger partial charge >= 0.3 is 0 Å². The number of thiazole rings is 1. The monoisotopic (exact) mass is 302 g/mol. The van der Waals surface area contributed by atoms with E-state index in [9.17, 15) is 4.79 Å². The minimum atomic E-state index is -0.176. The molecule has 0 bridgehead atoms. The second kappa shape index (κ2) is 5.73. The molecule has 1 aromatic heterocycles. The van der Waals surface area contributed by atoms with Gasteiger partial charge in [-0.25, -0.2) is 4.98 Å². The largest absolute Gasteiger partial charge is 0.382 e. The van der Waals surface area contributed by atoms with Crippen LogP contribution >= 0.6 is 11.3 Å². The first-order chi connectivity index (χ1) is 10.1. The van der Waals surface area contributed by atoms with E-state index in [0.717, 1.165) is 23.5 Å². The Morgan fingerprint density at radius 1 is 1.38 bits per heavy atom. The number of amides is 1. The molecule has 1 heterocycles. The van der Waals surface area contributed by atoms with Crippen LogP contribution in [-0.2, 0) is 0 Å². The van der Waals surface area contributed by atoms with Gasteiger partial charge in [0.15, 0.2) is 5.13 Å². The fraction of sp³-hybridized carbons (Fsp3) is 0.333. The zero-order valence-electron chi connectivity index (χ0n) is 11.8. The fourth-order valence-electron chi connectivity index (χ4n) is 2.05. The normalized spacial score (nSPS) is 15.5. The van der Waals surface area contributed by atoms with Crippen molar-refractivity contribution in [3.8, 4) is 0 Å². The lowest BCUT2D eigenvalue weighted by Gasteiger charge is -2.13. The van der Waals surface area contributed by atoms with Crippen molar-refractivity contribution in [1.29, 1.82) is 0 Å². The number of hydrogen-bond acceptors (Lipinski definition) is 5. The standard InChI is InChI=1S/C15H18N4OS/c1-9(10-5-3-2-4-6-10)17-14(20)12-13(16)19-15(21-12)18-11-7-8-11/h2-6,9,11H,7-8,16H2,1H3,(H,17,20)(H,18,19). The molecule has 0 spiro atoms. The highest BCUT2D eigenvalue weighted by Crippen LogP contribution is 2.30. The topological polar surface area (TPSA) is 80.0 Å². The highest BCUT2D eigenvalue weighted by molar-refractivity contribution is 7.18. The Balaban J connectivity index is 1.68. The van der Waals surface area contributed by atoms with Gasteiger partial charge in [-0.3, -0.25) is 4.79 Å². The van der Waals surface area contributed by atoms with Gasteiger partial charge < -0.3 is 16.4 Å². The molecule has 0 aliphatic heterocycles. The number of carbonyl (C=O) groups is 1. The van der Waals surface area contributed by atoms with Crippen LogP contribution in [0, 0.1) is 0 Å². The number of nitrogens with two attached hydrogens (primary N) is 1. The first-order valence-electron chi connectivity index (χ1n) is 7.02. The Kier molecular flexibility index (Phi) is 3.79. The Morgan fingerprint density at radius 2 is 2.10 bits per heavy atom. The van der Waals surface area contributed by atoms with Gasteiger partial charge in [0.2, 0.25) is 0 Å². The van der Waals surface area contributed by atoms with Crippen molar-refractivity contribution in [2.45, 2.75) is 31.8 Å². The molecule has 4 N–H and O–H groups in total. The summed E-state index contributed by atoms with van der Waals surface area (Å²) < 4.78 is 0. The number of anilines is 2. The van der Waals surface area contributed by atoms with Crippen molar-refractivity contribution >= 4 is 28.2 Å². The molecule has 2 aromatic rings. The van der Waals surface area contributed by atoms with E-state index in [0.29, 0.717) is 16.7 Å². The molecule has 21 heavy (non-hydrogen) atoms. The van der Waals surface area contributed by atoms with E-state index >= 15 is 0 Å². The van der Waals surface area contributed by atoms with E-state index in [1.165, 1.54) is 11.3 Å². The van der Waals surface area contributed by atoms with Crippen molar-refractivity contribution < 1.29 is 4.79 Å². The Hall–Kier alpha value is -2.08. The summed E-state index contributed by atoms with van der Waals surface area (Å²) in [6.07, 6.45) is 2.32. The number of benzene rings is 1. The highest BCUT2D eigenvalue weighted by atomic mass is 32.1. The smallest absolute Gasteiger partial charge is 0.265 e. The average Bonchev–Trinajstić information content (AvgIpc) is 3.21. The summed E-state index contributed by atoms with van der Waals surface area (Å²) in [5.41, 5.74) is 6.91. The lowest BCUT2D eigenvalue weighted by atomic mass is 10.1. The molecule has 1 atom stereocenters. The molecule has 1 unspecified atom stereocenters. The molecule has 1 aliphatic carbocycles. The summed E-state index contributed by atoms with van der Waals surface area (Å²) in [5.74, 6) is 0.117. The molecule has 1 aromatic carbocycles. The summed E-state index contributed by atoms with van der Waals surface area (Å²) in [7, 11) is 0. The highest BCUT2D eigenvalue weighted by Gasteiger charge is 2.24. The van der Waals surface area contributed by atoms with Crippen LogP contribution < -0.4 is 16.4 Å². The van der Waals surface area contributed by atoms with Crippen LogP contribution in [0.5, 0.6) is 0 Å². The second-order valence-corrected chi connectivity index (χ2v) is 6.26. The van der Waals surface area contributed by atoms with E-state index in [-0.39, 0.29) is 11.9 Å². The summed E-state index contributed by atoms with van der Waals surface area (Å²) in [4.78, 5) is 17.0. The maximum Gasteiger partial charge on any atom is 0.265 e. The van der Waals surface area contributed by atoms with Gasteiger partial charge in [-0.1, -0.05) is 41.7 Å². The van der Waals surface area contributed by atoms with E-state index in [1.54, 1.807) is 0 Å². The summed E-state index contributed by atoms with van der Waals surface area (Å²) in [6, 6.07) is 10.3. The fourth-order valence-corrected chi connectivity index (χ4v) is 2.91. The number of nitrogens with one attached hydrogen (secondary N) is 2. The number of aromatic nitrogens is 1. The Bertz CT molecular complexity index is 636. The third-order valence-electron chi connectivity index (χ3n) is 3.41. The molecule has 3 rings (SSSR count). The lowest BCUT2D eigenvalue weighted by Crippen LogP contribution is -2.26. The SMILES string of the molecule is CC(NC(=O)c1sc(NC2CC2)nc1N)c1ccccc1. The predicted molar refractivity (Wildman–Crippen MR) is 85.5 cm³/mol. The van der Waals surface area contributed by atoms with Crippen molar-refractivity contribution in [3.63, 3.8) is 0 Å². The number of rotatable bonds is 5. The first kappa shape index (κ1) is 13.9. The number of hydrogen-bond donors (Lipinski definition) is 3. The van der Waals surface area contributed by atoms with Gasteiger partial charge in [0, 0.05) is 6.04 Å². The predicted octanol–water partition coefficient (Wildman–Crippen LogP) is 2.79. The van der Waals surface area contributed by atoms with Crippen molar-refractivity contribution in [3.05, 3.63) is 40.8 Å². The molecule has 1 fully saturated rings. The Morgan fingerprint density at radius 3 is 2.76 bits per heavy atom. The van der Waals surface area contributed by atoms with Gasteiger partial charge in [0.1, 0.15) is 10.7 Å². The van der Waals surface area contributed by atoms with Gasteiger partial charge in [-0.05, 0) is 25.3 Å². The Labute approximate surface area is 127 Å². The first-order valence-corrected chi connectivity index (χ1v) is 7.84. The van der Waals surface area contributed by atoms with Gasteiger partial charge in [-0.2, -0.15) is 0 Å². The number of nitrogen functional groups attached to an aromatic ring is 1. The van der Waals surface area contributed by atoms with Crippen LogP contribution in [0.4, 0.5) is 10.9 Å². The van der Waals surface area contributed by atoms with Crippen molar-refractivity contribution in [2.75, 3.05) is 11.1 Å². The molecule has 1 aliphatic rings. The van der Waals surface area contributed by atoms with E-state index in [4.69, 9.17) is 5.73 Å². The quantitative estimate of drug-likeness (QED) is 0.793. The number of nitrogens with zero attached hydrogens (tertiary/aromatic N) is 1. The average molecular weight is 302 g/mol. The van der Waals surface area contributed by atoms with Crippen LogP contribution in [0.1, 0.15) is 41.0 Å².